The lowest BCUT2D eigenvalue weighted by Gasteiger charge is -2.32. The topological polar surface area (TPSA) is 92.7 Å². The molecule has 1 aromatic heterocycles. The number of carbonyl (C=O) groups is 3. The summed E-state index contributed by atoms with van der Waals surface area (Å²) < 4.78 is 6.68. The highest BCUT2D eigenvalue weighted by molar-refractivity contribution is 6.41. The molecule has 0 aromatic carbocycles. The Kier molecular flexibility index (Phi) is 7.82. The van der Waals surface area contributed by atoms with Crippen molar-refractivity contribution in [3.8, 4) is 0 Å². The van der Waals surface area contributed by atoms with E-state index in [1.165, 1.54) is 10.6 Å². The molecule has 29 heavy (non-hydrogen) atoms. The van der Waals surface area contributed by atoms with Gasteiger partial charge in [-0.15, -0.1) is 0 Å². The van der Waals surface area contributed by atoms with Crippen LogP contribution in [0.2, 0.25) is 10.2 Å². The van der Waals surface area contributed by atoms with Crippen LogP contribution in [0.15, 0.2) is 6.07 Å². The number of halogens is 2. The Labute approximate surface area is 180 Å². The Bertz CT molecular complexity index is 773. The van der Waals surface area contributed by atoms with Crippen LogP contribution < -0.4 is 10.6 Å². The number of piperidine rings is 1. The molecule has 0 bridgehead atoms. The number of hydrogen-bond donors (Lipinski definition) is 2. The van der Waals surface area contributed by atoms with E-state index in [4.69, 9.17) is 27.9 Å². The first-order valence-electron chi connectivity index (χ1n) is 9.54. The fourth-order valence-corrected chi connectivity index (χ4v) is 3.47. The number of nitrogens with one attached hydrogen (secondary N) is 2. The number of carbonyl (C=O) groups excluding carboxylic acids is 3. The van der Waals surface area contributed by atoms with Crippen LogP contribution in [0.4, 0.5) is 4.79 Å². The third kappa shape index (κ3) is 6.54. The first-order valence-corrected chi connectivity index (χ1v) is 10.3. The van der Waals surface area contributed by atoms with Gasteiger partial charge in [-0.3, -0.25) is 9.59 Å². The molecule has 1 aliphatic heterocycles. The zero-order valence-corrected chi connectivity index (χ0v) is 18.7. The third-order valence-corrected chi connectivity index (χ3v) is 5.35. The minimum absolute atomic E-state index is 0.142. The monoisotopic (exact) mass is 446 g/mol. The highest BCUT2D eigenvalue weighted by atomic mass is 35.5. The number of aromatic nitrogens is 1. The fraction of sp³-hybridized carbons (Fsp3) is 0.632. The summed E-state index contributed by atoms with van der Waals surface area (Å²) in [7, 11) is 1.67. The van der Waals surface area contributed by atoms with Crippen molar-refractivity contribution in [2.45, 2.75) is 39.2 Å². The second-order valence-electron chi connectivity index (χ2n) is 8.04. The van der Waals surface area contributed by atoms with E-state index in [2.05, 4.69) is 10.6 Å². The van der Waals surface area contributed by atoms with Crippen LogP contribution in [0.5, 0.6) is 0 Å². The number of nitrogens with zero attached hydrogens (tertiary/aromatic N) is 2. The molecular weight excluding hydrogens is 419 g/mol. The summed E-state index contributed by atoms with van der Waals surface area (Å²) in [5, 5.41) is 6.02. The van der Waals surface area contributed by atoms with Crippen molar-refractivity contribution in [1.82, 2.24) is 20.1 Å². The summed E-state index contributed by atoms with van der Waals surface area (Å²) in [6, 6.07) is 1.54. The van der Waals surface area contributed by atoms with E-state index >= 15 is 0 Å². The number of ether oxygens (including phenoxy) is 1. The molecular formula is C19H28Cl2N4O4. The predicted octanol–water partition coefficient (Wildman–Crippen LogP) is 2.83. The van der Waals surface area contributed by atoms with E-state index in [0.717, 1.165) is 6.42 Å². The van der Waals surface area contributed by atoms with E-state index in [9.17, 15) is 14.4 Å². The van der Waals surface area contributed by atoms with Gasteiger partial charge in [0.05, 0.1) is 10.9 Å². The van der Waals surface area contributed by atoms with E-state index in [1.54, 1.807) is 32.7 Å². The van der Waals surface area contributed by atoms with Crippen LogP contribution in [0.25, 0.3) is 0 Å². The Morgan fingerprint density at radius 2 is 1.86 bits per heavy atom. The SMILES string of the molecule is Cn1c(C(=O)N2CCCC(C(=O)NCCNC(=O)OC(C)(C)C)C2)cc(Cl)c1Cl. The van der Waals surface area contributed by atoms with Crippen molar-refractivity contribution >= 4 is 41.1 Å². The lowest BCUT2D eigenvalue weighted by Crippen LogP contribution is -2.47. The molecule has 0 radical (unpaired) electrons. The van der Waals surface area contributed by atoms with Crippen molar-refractivity contribution in [1.29, 1.82) is 0 Å². The lowest BCUT2D eigenvalue weighted by atomic mass is 9.97. The average molecular weight is 447 g/mol. The van der Waals surface area contributed by atoms with Gasteiger partial charge in [-0.25, -0.2) is 4.79 Å². The maximum absolute atomic E-state index is 12.8. The number of hydrogen-bond acceptors (Lipinski definition) is 4. The lowest BCUT2D eigenvalue weighted by molar-refractivity contribution is -0.126. The summed E-state index contributed by atoms with van der Waals surface area (Å²) in [5.41, 5.74) is -0.180. The molecule has 162 valence electrons. The summed E-state index contributed by atoms with van der Waals surface area (Å²) in [4.78, 5) is 38.5. The van der Waals surface area contributed by atoms with Gasteiger partial charge in [0.1, 0.15) is 16.4 Å². The zero-order chi connectivity index (χ0) is 21.8. The first kappa shape index (κ1) is 23.3. The largest absolute Gasteiger partial charge is 0.444 e. The molecule has 0 saturated carbocycles. The molecule has 1 fully saturated rings. The Morgan fingerprint density at radius 1 is 1.21 bits per heavy atom. The second-order valence-corrected chi connectivity index (χ2v) is 8.80. The van der Waals surface area contributed by atoms with Crippen molar-refractivity contribution in [2.24, 2.45) is 13.0 Å². The molecule has 1 aromatic rings. The van der Waals surface area contributed by atoms with Gasteiger partial charge in [-0.1, -0.05) is 23.2 Å². The van der Waals surface area contributed by atoms with E-state index in [-0.39, 0.29) is 30.8 Å². The minimum Gasteiger partial charge on any atom is -0.444 e. The van der Waals surface area contributed by atoms with Crippen LogP contribution >= 0.6 is 23.2 Å². The van der Waals surface area contributed by atoms with Gasteiger partial charge in [0.15, 0.2) is 0 Å². The maximum Gasteiger partial charge on any atom is 0.407 e. The molecule has 2 rings (SSSR count). The highest BCUT2D eigenvalue weighted by Gasteiger charge is 2.30. The highest BCUT2D eigenvalue weighted by Crippen LogP contribution is 2.27. The second kappa shape index (κ2) is 9.71. The third-order valence-electron chi connectivity index (χ3n) is 4.51. The van der Waals surface area contributed by atoms with Gasteiger partial charge in [0.25, 0.3) is 5.91 Å². The van der Waals surface area contributed by atoms with Gasteiger partial charge in [-0.05, 0) is 39.7 Å². The standard InChI is InChI=1S/C19H28Cl2N4O4/c1-19(2,3)29-18(28)23-8-7-22-16(26)12-6-5-9-25(11-12)17(27)14-10-13(20)15(21)24(14)4/h10,12H,5-9,11H2,1-4H3,(H,22,26)(H,23,28). The summed E-state index contributed by atoms with van der Waals surface area (Å²) in [6.07, 6.45) is 0.899. The molecule has 0 spiro atoms. The van der Waals surface area contributed by atoms with Gasteiger partial charge in [0, 0.05) is 33.2 Å². The van der Waals surface area contributed by atoms with Gasteiger partial charge < -0.3 is 24.8 Å². The van der Waals surface area contributed by atoms with Crippen molar-refractivity contribution in [3.05, 3.63) is 21.9 Å². The molecule has 2 N–H and O–H groups in total. The predicted molar refractivity (Wildman–Crippen MR) is 111 cm³/mol. The number of amides is 3. The number of alkyl carbamates (subject to hydrolysis) is 1. The average Bonchev–Trinajstić information content (AvgIpc) is 2.90. The molecule has 10 heteroatoms. The zero-order valence-electron chi connectivity index (χ0n) is 17.2. The van der Waals surface area contributed by atoms with Gasteiger partial charge >= 0.3 is 6.09 Å². The quantitative estimate of drug-likeness (QED) is 0.679. The molecule has 1 saturated heterocycles. The summed E-state index contributed by atoms with van der Waals surface area (Å²) in [5.74, 6) is -0.651. The molecule has 1 aliphatic rings. The van der Waals surface area contributed by atoms with E-state index in [0.29, 0.717) is 35.4 Å². The molecule has 2 heterocycles. The minimum atomic E-state index is -0.571. The molecule has 1 atom stereocenters. The van der Waals surface area contributed by atoms with Gasteiger partial charge in [-0.2, -0.15) is 0 Å². The maximum atomic E-state index is 12.8. The van der Waals surface area contributed by atoms with Gasteiger partial charge in [0.2, 0.25) is 5.91 Å². The molecule has 1 unspecified atom stereocenters. The smallest absolute Gasteiger partial charge is 0.407 e. The van der Waals surface area contributed by atoms with Crippen molar-refractivity contribution in [2.75, 3.05) is 26.2 Å². The Balaban J connectivity index is 1.82. The van der Waals surface area contributed by atoms with Crippen LogP contribution in [0.1, 0.15) is 44.1 Å². The van der Waals surface area contributed by atoms with E-state index < -0.39 is 11.7 Å². The van der Waals surface area contributed by atoms with Crippen LogP contribution in [-0.2, 0) is 16.6 Å². The Hall–Kier alpha value is -1.93. The summed E-state index contributed by atoms with van der Waals surface area (Å²) in [6.45, 7) is 6.78. The molecule has 8 nitrogen and oxygen atoms in total. The fourth-order valence-electron chi connectivity index (χ4n) is 3.09. The number of rotatable bonds is 5. The first-order chi connectivity index (χ1) is 13.5. The van der Waals surface area contributed by atoms with Crippen molar-refractivity contribution < 1.29 is 19.1 Å². The van der Waals surface area contributed by atoms with Crippen LogP contribution in [-0.4, -0.2) is 59.2 Å². The van der Waals surface area contributed by atoms with Crippen LogP contribution in [0.3, 0.4) is 0 Å². The molecule has 0 aliphatic carbocycles. The van der Waals surface area contributed by atoms with Crippen molar-refractivity contribution in [3.63, 3.8) is 0 Å². The van der Waals surface area contributed by atoms with Crippen LogP contribution in [0, 0.1) is 5.92 Å². The summed E-state index contributed by atoms with van der Waals surface area (Å²) >= 11 is 12.0. The Morgan fingerprint density at radius 3 is 2.45 bits per heavy atom. The normalized spacial score (nSPS) is 17.0. The number of likely N-dealkylation sites (tertiary alicyclic amines) is 1. The molecule has 3 amide bonds. The van der Waals surface area contributed by atoms with E-state index in [1.807, 2.05) is 0 Å².